The first-order chi connectivity index (χ1) is 15.8. The van der Waals surface area contributed by atoms with Crippen LogP contribution in [0.1, 0.15) is 29.9 Å². The number of benzene rings is 1. The third-order valence-electron chi connectivity index (χ3n) is 5.95. The number of halogens is 1. The number of nitrogens with zero attached hydrogens (tertiary/aromatic N) is 6. The maximum Gasteiger partial charge on any atom is 0.257 e. The summed E-state index contributed by atoms with van der Waals surface area (Å²) in [5.74, 6) is -0.934. The number of hydroxylamine groups is 2. The van der Waals surface area contributed by atoms with E-state index in [0.717, 1.165) is 5.69 Å². The summed E-state index contributed by atoms with van der Waals surface area (Å²) >= 11 is 0. The lowest BCUT2D eigenvalue weighted by molar-refractivity contribution is -0.155. The van der Waals surface area contributed by atoms with Gasteiger partial charge in [-0.3, -0.25) is 14.8 Å². The molecule has 2 unspecified atom stereocenters. The number of fused-ring (bicyclic) bond motifs is 2. The van der Waals surface area contributed by atoms with E-state index in [2.05, 4.69) is 25.2 Å². The summed E-state index contributed by atoms with van der Waals surface area (Å²) in [5, 5.41) is 14.3. The number of rotatable bonds is 3. The van der Waals surface area contributed by atoms with Crippen molar-refractivity contribution in [3.63, 3.8) is 0 Å². The predicted molar refractivity (Wildman–Crippen MR) is 122 cm³/mol. The van der Waals surface area contributed by atoms with Crippen molar-refractivity contribution in [1.82, 2.24) is 24.4 Å². The van der Waals surface area contributed by atoms with Crippen LogP contribution in [0.5, 0.6) is 0 Å². The first-order valence-corrected chi connectivity index (χ1v) is 10.7. The lowest BCUT2D eigenvalue weighted by Gasteiger charge is -2.42. The molecule has 1 fully saturated rings. The van der Waals surface area contributed by atoms with Crippen LogP contribution in [0.3, 0.4) is 0 Å². The summed E-state index contributed by atoms with van der Waals surface area (Å²) in [7, 11) is 0. The van der Waals surface area contributed by atoms with Crippen molar-refractivity contribution in [3.8, 4) is 0 Å². The molecular formula is C23H24FN7O2. The average Bonchev–Trinajstić information content (AvgIpc) is 3.17. The maximum atomic E-state index is 14.4. The fourth-order valence-electron chi connectivity index (χ4n) is 4.44. The van der Waals surface area contributed by atoms with Gasteiger partial charge in [0.25, 0.3) is 5.91 Å². The van der Waals surface area contributed by atoms with Gasteiger partial charge in [0.05, 0.1) is 34.7 Å². The van der Waals surface area contributed by atoms with Crippen molar-refractivity contribution < 1.29 is 14.4 Å². The van der Waals surface area contributed by atoms with Gasteiger partial charge in [-0.25, -0.2) is 9.37 Å². The highest BCUT2D eigenvalue weighted by molar-refractivity contribution is 6.13. The van der Waals surface area contributed by atoms with Crippen LogP contribution < -0.4 is 10.2 Å². The summed E-state index contributed by atoms with van der Waals surface area (Å²) in [5.41, 5.74) is 3.44. The molecule has 5 rings (SSSR count). The van der Waals surface area contributed by atoms with Gasteiger partial charge < -0.3 is 19.8 Å². The third-order valence-corrected chi connectivity index (χ3v) is 5.95. The number of hydrogen-bond donors (Lipinski definition) is 2. The third kappa shape index (κ3) is 3.77. The number of imidazole rings is 1. The molecule has 0 spiro atoms. The molecule has 33 heavy (non-hydrogen) atoms. The Balaban J connectivity index is 1.49. The molecule has 2 atom stereocenters. The van der Waals surface area contributed by atoms with Crippen LogP contribution in [0.2, 0.25) is 0 Å². The van der Waals surface area contributed by atoms with Gasteiger partial charge in [0.15, 0.2) is 11.5 Å². The Kier molecular flexibility index (Phi) is 5.18. The van der Waals surface area contributed by atoms with Gasteiger partial charge in [-0.15, -0.1) is 0 Å². The molecule has 1 saturated heterocycles. The molecule has 4 heterocycles. The molecule has 1 amide bonds. The number of pyridine rings is 1. The van der Waals surface area contributed by atoms with Crippen molar-refractivity contribution in [3.05, 3.63) is 60.1 Å². The quantitative estimate of drug-likeness (QED) is 0.495. The number of amides is 1. The van der Waals surface area contributed by atoms with Crippen LogP contribution in [0, 0.1) is 12.7 Å². The van der Waals surface area contributed by atoms with Gasteiger partial charge in [0, 0.05) is 43.9 Å². The lowest BCUT2D eigenvalue weighted by Crippen LogP contribution is -2.55. The molecule has 0 saturated carbocycles. The topological polar surface area (TPSA) is 98.9 Å². The van der Waals surface area contributed by atoms with Crippen LogP contribution in [0.15, 0.2) is 43.0 Å². The molecule has 0 bridgehead atoms. The Bertz CT molecular complexity index is 1360. The molecule has 1 aromatic carbocycles. The van der Waals surface area contributed by atoms with E-state index >= 15 is 0 Å². The molecule has 9 nitrogen and oxygen atoms in total. The SMILES string of the molecule is Cc1cn2cc(NC(=O)c3ccc(N4CC(C)N(O)C(C)C4)c4nccnc34)cc(F)c2n1. The molecule has 1 aliphatic heterocycles. The molecular weight excluding hydrogens is 425 g/mol. The minimum absolute atomic E-state index is 0.0555. The van der Waals surface area contributed by atoms with Crippen LogP contribution in [0.4, 0.5) is 15.8 Å². The minimum Gasteiger partial charge on any atom is -0.366 e. The van der Waals surface area contributed by atoms with Gasteiger partial charge in [-0.2, -0.15) is 5.06 Å². The van der Waals surface area contributed by atoms with E-state index in [0.29, 0.717) is 41.1 Å². The van der Waals surface area contributed by atoms with E-state index in [9.17, 15) is 14.4 Å². The molecule has 170 valence electrons. The van der Waals surface area contributed by atoms with Gasteiger partial charge in [0.2, 0.25) is 0 Å². The molecule has 0 aliphatic carbocycles. The Hall–Kier alpha value is -3.63. The number of nitrogens with one attached hydrogen (secondary N) is 1. The van der Waals surface area contributed by atoms with E-state index < -0.39 is 11.7 Å². The maximum absolute atomic E-state index is 14.4. The van der Waals surface area contributed by atoms with Crippen LogP contribution in [-0.4, -0.2) is 60.7 Å². The number of carbonyl (C=O) groups is 1. The largest absolute Gasteiger partial charge is 0.366 e. The molecule has 1 aliphatic rings. The van der Waals surface area contributed by atoms with Gasteiger partial charge in [-0.1, -0.05) is 0 Å². The van der Waals surface area contributed by atoms with Crippen LogP contribution in [0.25, 0.3) is 16.7 Å². The smallest absolute Gasteiger partial charge is 0.257 e. The van der Waals surface area contributed by atoms with E-state index in [1.165, 1.54) is 11.1 Å². The zero-order valence-corrected chi connectivity index (χ0v) is 18.5. The molecule has 4 aromatic rings. The zero-order chi connectivity index (χ0) is 23.3. The number of anilines is 2. The average molecular weight is 449 g/mol. The van der Waals surface area contributed by atoms with Gasteiger partial charge in [-0.05, 0) is 32.9 Å². The Morgan fingerprint density at radius 2 is 1.82 bits per heavy atom. The van der Waals surface area contributed by atoms with E-state index in [1.807, 2.05) is 19.9 Å². The first-order valence-electron chi connectivity index (χ1n) is 10.7. The summed E-state index contributed by atoms with van der Waals surface area (Å²) < 4.78 is 16.0. The molecule has 2 N–H and O–H groups in total. The van der Waals surface area contributed by atoms with E-state index in [1.54, 1.807) is 42.2 Å². The van der Waals surface area contributed by atoms with Crippen molar-refractivity contribution in [2.45, 2.75) is 32.9 Å². The summed E-state index contributed by atoms with van der Waals surface area (Å²) in [4.78, 5) is 28.3. The van der Waals surface area contributed by atoms with Crippen molar-refractivity contribution in [2.75, 3.05) is 23.3 Å². The highest BCUT2D eigenvalue weighted by atomic mass is 19.1. The Labute approximate surface area is 189 Å². The van der Waals surface area contributed by atoms with Crippen molar-refractivity contribution >= 4 is 34.0 Å². The number of hydrogen-bond acceptors (Lipinski definition) is 7. The molecule has 3 aromatic heterocycles. The fraction of sp³-hybridized carbons (Fsp3) is 0.304. The monoisotopic (exact) mass is 449 g/mol. The van der Waals surface area contributed by atoms with Crippen LogP contribution in [-0.2, 0) is 0 Å². The second-order valence-electron chi connectivity index (χ2n) is 8.51. The zero-order valence-electron chi connectivity index (χ0n) is 18.5. The van der Waals surface area contributed by atoms with Crippen molar-refractivity contribution in [2.24, 2.45) is 0 Å². The molecule has 0 radical (unpaired) electrons. The van der Waals surface area contributed by atoms with Gasteiger partial charge in [0.1, 0.15) is 11.0 Å². The van der Waals surface area contributed by atoms with E-state index in [4.69, 9.17) is 0 Å². The Morgan fingerprint density at radius 1 is 1.12 bits per heavy atom. The number of aromatic nitrogens is 4. The molecule has 10 heteroatoms. The van der Waals surface area contributed by atoms with Crippen molar-refractivity contribution in [1.29, 1.82) is 0 Å². The predicted octanol–water partition coefficient (Wildman–Crippen LogP) is 3.27. The van der Waals surface area contributed by atoms with Gasteiger partial charge >= 0.3 is 0 Å². The van der Waals surface area contributed by atoms with E-state index in [-0.39, 0.29) is 17.7 Å². The summed E-state index contributed by atoms with van der Waals surface area (Å²) in [6, 6.07) is 4.69. The lowest BCUT2D eigenvalue weighted by atomic mass is 10.1. The standard InChI is InChI=1S/C23H24FN7O2/c1-13-9-30-12-16(8-18(24)22(30)27-13)28-23(32)17-4-5-19(21-20(17)25-6-7-26-21)29-10-14(2)31(33)15(3)11-29/h4-9,12,14-15,33H,10-11H2,1-3H3,(H,28,32). The first kappa shape index (κ1) is 21.2. The number of aryl methyl sites for hydroxylation is 1. The second kappa shape index (κ2) is 8.05. The summed E-state index contributed by atoms with van der Waals surface area (Å²) in [6.07, 6.45) is 6.45. The number of piperazine rings is 1. The normalized spacial score (nSPS) is 19.4. The number of carbonyl (C=O) groups excluding carboxylic acids is 1. The highest BCUT2D eigenvalue weighted by Crippen LogP contribution is 2.30. The fourth-order valence-corrected chi connectivity index (χ4v) is 4.44. The Morgan fingerprint density at radius 3 is 2.55 bits per heavy atom. The highest BCUT2D eigenvalue weighted by Gasteiger charge is 2.30. The summed E-state index contributed by atoms with van der Waals surface area (Å²) in [6.45, 7) is 6.91. The second-order valence-corrected chi connectivity index (χ2v) is 8.51. The van der Waals surface area contributed by atoms with Crippen LogP contribution >= 0.6 is 0 Å². The minimum atomic E-state index is -0.521.